The van der Waals surface area contributed by atoms with Gasteiger partial charge in [0.1, 0.15) is 11.9 Å². The average molecular weight is 415 g/mol. The van der Waals surface area contributed by atoms with Crippen LogP contribution in [-0.2, 0) is 30.9 Å². The number of ether oxygens (including phenoxy) is 1. The van der Waals surface area contributed by atoms with Gasteiger partial charge < -0.3 is 9.64 Å². The van der Waals surface area contributed by atoms with Crippen LogP contribution in [0.25, 0.3) is 0 Å². The van der Waals surface area contributed by atoms with E-state index in [9.17, 15) is 18.0 Å². The summed E-state index contributed by atoms with van der Waals surface area (Å²) in [5, 5.41) is 0. The number of aliphatic imine (C=N–C) groups is 1. The van der Waals surface area contributed by atoms with Crippen LogP contribution in [0.3, 0.4) is 0 Å². The first-order chi connectivity index (χ1) is 13.8. The van der Waals surface area contributed by atoms with Crippen LogP contribution in [0.1, 0.15) is 18.1 Å². The van der Waals surface area contributed by atoms with Gasteiger partial charge in [-0.3, -0.25) is 14.5 Å². The summed E-state index contributed by atoms with van der Waals surface area (Å²) in [6.45, 7) is 1.45. The molecule has 0 aromatic heterocycles. The first-order valence-corrected chi connectivity index (χ1v) is 10.4. The molecule has 29 heavy (non-hydrogen) atoms. The lowest BCUT2D eigenvalue weighted by Crippen LogP contribution is -2.33. The average Bonchev–Trinajstić information content (AvgIpc) is 2.96. The van der Waals surface area contributed by atoms with Gasteiger partial charge in [0.2, 0.25) is 0 Å². The number of likely N-dealkylation sites (N-methyl/N-ethyl adjacent to an activating group) is 1. The molecular weight excluding hydrogens is 394 g/mol. The molecule has 8 nitrogen and oxygen atoms in total. The molecule has 0 saturated carbocycles. The molecule has 0 aliphatic carbocycles. The van der Waals surface area contributed by atoms with Crippen molar-refractivity contribution in [2.75, 3.05) is 13.7 Å². The Morgan fingerprint density at radius 2 is 1.76 bits per heavy atom. The third kappa shape index (κ3) is 4.80. The Morgan fingerprint density at radius 1 is 1.10 bits per heavy atom. The highest BCUT2D eigenvalue weighted by atomic mass is 32.2. The van der Waals surface area contributed by atoms with E-state index in [4.69, 9.17) is 4.74 Å². The summed E-state index contributed by atoms with van der Waals surface area (Å²) < 4.78 is 31.6. The van der Waals surface area contributed by atoms with E-state index in [1.165, 1.54) is 17.9 Å². The number of carbonyl (C=O) groups is 2. The van der Waals surface area contributed by atoms with E-state index in [2.05, 4.69) is 9.71 Å². The number of esters is 1. The lowest BCUT2D eigenvalue weighted by Gasteiger charge is -2.17. The molecule has 1 atom stereocenters. The van der Waals surface area contributed by atoms with Crippen LogP contribution in [0.2, 0.25) is 0 Å². The molecule has 0 spiro atoms. The Balaban J connectivity index is 1.59. The normalized spacial score (nSPS) is 16.6. The molecule has 0 saturated heterocycles. The molecule has 9 heteroatoms. The minimum atomic E-state index is -3.69. The van der Waals surface area contributed by atoms with Crippen molar-refractivity contribution in [3.8, 4) is 0 Å². The van der Waals surface area contributed by atoms with E-state index in [-0.39, 0.29) is 16.6 Å². The van der Waals surface area contributed by atoms with Crippen molar-refractivity contribution < 1.29 is 22.7 Å². The quantitative estimate of drug-likeness (QED) is 0.717. The summed E-state index contributed by atoms with van der Waals surface area (Å²) in [5.74, 6) is -0.992. The highest BCUT2D eigenvalue weighted by molar-refractivity contribution is 7.90. The van der Waals surface area contributed by atoms with Crippen LogP contribution < -0.4 is 4.72 Å². The van der Waals surface area contributed by atoms with Gasteiger partial charge in [-0.25, -0.2) is 13.2 Å². The second-order valence-electron chi connectivity index (χ2n) is 6.60. The Labute approximate surface area is 169 Å². The monoisotopic (exact) mass is 415 g/mol. The summed E-state index contributed by atoms with van der Waals surface area (Å²) >= 11 is 0. The SMILES string of the molecule is CC(N=C1NS(=O)(=O)c2ccccc21)C(=O)OCC(=O)N(C)Cc1ccccc1. The zero-order chi connectivity index (χ0) is 21.0. The number of sulfonamides is 1. The van der Waals surface area contributed by atoms with Crippen LogP contribution in [0.15, 0.2) is 64.5 Å². The highest BCUT2D eigenvalue weighted by Gasteiger charge is 2.31. The summed E-state index contributed by atoms with van der Waals surface area (Å²) in [6, 6.07) is 14.8. The molecule has 0 radical (unpaired) electrons. The van der Waals surface area contributed by atoms with Crippen molar-refractivity contribution >= 4 is 27.7 Å². The third-order valence-corrected chi connectivity index (χ3v) is 5.75. The third-order valence-electron chi connectivity index (χ3n) is 4.35. The summed E-state index contributed by atoms with van der Waals surface area (Å²) in [5.41, 5.74) is 1.35. The number of amidine groups is 1. The topological polar surface area (TPSA) is 105 Å². The molecule has 1 aliphatic rings. The number of amides is 1. The van der Waals surface area contributed by atoms with Crippen molar-refractivity contribution in [2.45, 2.75) is 24.4 Å². The Hall–Kier alpha value is -3.20. The fourth-order valence-electron chi connectivity index (χ4n) is 2.79. The van der Waals surface area contributed by atoms with Crippen molar-refractivity contribution in [1.29, 1.82) is 0 Å². The van der Waals surface area contributed by atoms with Crippen molar-refractivity contribution in [2.24, 2.45) is 4.99 Å². The number of rotatable bonds is 6. The van der Waals surface area contributed by atoms with Gasteiger partial charge >= 0.3 is 5.97 Å². The zero-order valence-corrected chi connectivity index (χ0v) is 16.8. The molecule has 1 unspecified atom stereocenters. The van der Waals surface area contributed by atoms with Crippen LogP contribution in [0, 0.1) is 0 Å². The van der Waals surface area contributed by atoms with Gasteiger partial charge in [-0.15, -0.1) is 0 Å². The van der Waals surface area contributed by atoms with E-state index in [0.717, 1.165) is 5.56 Å². The zero-order valence-electron chi connectivity index (χ0n) is 16.0. The number of carbonyl (C=O) groups excluding carboxylic acids is 2. The number of fused-ring (bicyclic) bond motifs is 1. The van der Waals surface area contributed by atoms with Gasteiger partial charge in [0.05, 0.1) is 4.90 Å². The van der Waals surface area contributed by atoms with Crippen molar-refractivity contribution in [3.63, 3.8) is 0 Å². The molecular formula is C20H21N3O5S. The first kappa shape index (κ1) is 20.5. The van der Waals surface area contributed by atoms with E-state index in [0.29, 0.717) is 12.1 Å². The fourth-order valence-corrected chi connectivity index (χ4v) is 4.02. The molecule has 0 bridgehead atoms. The van der Waals surface area contributed by atoms with Gasteiger partial charge in [-0.05, 0) is 24.6 Å². The predicted molar refractivity (Wildman–Crippen MR) is 107 cm³/mol. The molecule has 1 amide bonds. The molecule has 0 fully saturated rings. The Bertz CT molecular complexity index is 1050. The summed E-state index contributed by atoms with van der Waals surface area (Å²) in [7, 11) is -2.06. The minimum Gasteiger partial charge on any atom is -0.454 e. The highest BCUT2D eigenvalue weighted by Crippen LogP contribution is 2.22. The van der Waals surface area contributed by atoms with Crippen molar-refractivity contribution in [3.05, 3.63) is 65.7 Å². The second kappa shape index (κ2) is 8.44. The molecule has 152 valence electrons. The van der Waals surface area contributed by atoms with Gasteiger partial charge in [-0.2, -0.15) is 0 Å². The van der Waals surface area contributed by atoms with E-state index in [1.807, 2.05) is 30.3 Å². The number of benzene rings is 2. The van der Waals surface area contributed by atoms with Gasteiger partial charge in [0.25, 0.3) is 15.9 Å². The predicted octanol–water partition coefficient (Wildman–Crippen LogP) is 1.32. The summed E-state index contributed by atoms with van der Waals surface area (Å²) in [6.07, 6.45) is 0. The number of hydrogen-bond donors (Lipinski definition) is 1. The molecule has 2 aromatic carbocycles. The summed E-state index contributed by atoms with van der Waals surface area (Å²) in [4.78, 5) is 30.1. The standard InChI is InChI=1S/C20H21N3O5S/c1-14(21-19-16-10-6-7-11-17(16)29(26,27)22-19)20(25)28-13-18(24)23(2)12-15-8-4-3-5-9-15/h3-11,14H,12-13H2,1-2H3,(H,21,22). The first-order valence-electron chi connectivity index (χ1n) is 8.92. The van der Waals surface area contributed by atoms with Crippen molar-refractivity contribution in [1.82, 2.24) is 9.62 Å². The fraction of sp³-hybridized carbons (Fsp3) is 0.250. The lowest BCUT2D eigenvalue weighted by atomic mass is 10.2. The maximum Gasteiger partial charge on any atom is 0.331 e. The van der Waals surface area contributed by atoms with Crippen LogP contribution in [0.4, 0.5) is 0 Å². The van der Waals surface area contributed by atoms with E-state index >= 15 is 0 Å². The second-order valence-corrected chi connectivity index (χ2v) is 8.25. The van der Waals surface area contributed by atoms with Gasteiger partial charge in [0, 0.05) is 19.2 Å². The van der Waals surface area contributed by atoms with Crippen LogP contribution in [-0.4, -0.2) is 50.7 Å². The largest absolute Gasteiger partial charge is 0.454 e. The van der Waals surface area contributed by atoms with Crippen LogP contribution in [0.5, 0.6) is 0 Å². The number of hydrogen-bond acceptors (Lipinski definition) is 6. The van der Waals surface area contributed by atoms with Gasteiger partial charge in [0.15, 0.2) is 6.61 Å². The smallest absolute Gasteiger partial charge is 0.331 e. The van der Waals surface area contributed by atoms with Gasteiger partial charge in [-0.1, -0.05) is 42.5 Å². The maximum atomic E-state index is 12.2. The number of nitrogens with one attached hydrogen (secondary N) is 1. The molecule has 2 aromatic rings. The Morgan fingerprint density at radius 3 is 2.48 bits per heavy atom. The molecule has 1 aliphatic heterocycles. The molecule has 3 rings (SSSR count). The Kier molecular flexibility index (Phi) is 5.97. The minimum absolute atomic E-state index is 0.0811. The molecule has 1 N–H and O–H groups in total. The van der Waals surface area contributed by atoms with E-state index < -0.39 is 28.6 Å². The maximum absolute atomic E-state index is 12.2. The van der Waals surface area contributed by atoms with E-state index in [1.54, 1.807) is 25.2 Å². The molecule has 1 heterocycles. The van der Waals surface area contributed by atoms with Crippen LogP contribution >= 0.6 is 0 Å². The number of nitrogens with zero attached hydrogens (tertiary/aromatic N) is 2. The lowest BCUT2D eigenvalue weighted by molar-refractivity contribution is -0.152.